The topological polar surface area (TPSA) is 63.6 Å². The van der Waals surface area contributed by atoms with Gasteiger partial charge in [-0.2, -0.15) is 0 Å². The molecule has 3 rings (SSSR count). The van der Waals surface area contributed by atoms with E-state index in [0.717, 1.165) is 5.01 Å². The van der Waals surface area contributed by atoms with Gasteiger partial charge in [0.15, 0.2) is 0 Å². The van der Waals surface area contributed by atoms with Crippen LogP contribution in [0.2, 0.25) is 0 Å². The molecule has 0 spiro atoms. The maximum Gasteiger partial charge on any atom is 0.332 e. The van der Waals surface area contributed by atoms with Crippen molar-refractivity contribution in [3.8, 4) is 5.13 Å². The van der Waals surface area contributed by atoms with Crippen LogP contribution in [0.1, 0.15) is 24.8 Å². The van der Waals surface area contributed by atoms with Gasteiger partial charge in [0, 0.05) is 5.92 Å². The predicted octanol–water partition coefficient (Wildman–Crippen LogP) is 2.43. The average Bonchev–Trinajstić information content (AvgIpc) is 2.91. The summed E-state index contributed by atoms with van der Waals surface area (Å²) in [5, 5.41) is 9.44. The van der Waals surface area contributed by atoms with Crippen molar-refractivity contribution in [2.24, 2.45) is 0 Å². The Morgan fingerprint density at radius 3 is 2.84 bits per heavy atom. The number of imidazole rings is 1. The maximum atomic E-state index is 13.1. The number of fused-ring (bicyclic) bond motifs is 1. The second-order valence-electron chi connectivity index (χ2n) is 4.50. The molecule has 0 unspecified atom stereocenters. The molecule has 98 valence electrons. The first-order valence-electron chi connectivity index (χ1n) is 5.80. The van der Waals surface area contributed by atoms with Crippen LogP contribution in [0.3, 0.4) is 0 Å². The molecule has 3 aromatic rings. The van der Waals surface area contributed by atoms with Gasteiger partial charge in [-0.25, -0.2) is 13.8 Å². The van der Waals surface area contributed by atoms with E-state index in [4.69, 9.17) is 0 Å². The van der Waals surface area contributed by atoms with Crippen LogP contribution in [-0.4, -0.2) is 19.7 Å². The highest BCUT2D eigenvalue weighted by Gasteiger charge is 2.14. The molecule has 0 saturated heterocycles. The number of hydrogen-bond acceptors (Lipinski definition) is 4. The zero-order chi connectivity index (χ0) is 13.6. The minimum absolute atomic E-state index is 0.254. The van der Waals surface area contributed by atoms with Crippen molar-refractivity contribution >= 4 is 22.4 Å². The normalized spacial score (nSPS) is 11.6. The van der Waals surface area contributed by atoms with Crippen molar-refractivity contribution in [3.05, 3.63) is 39.5 Å². The maximum absolute atomic E-state index is 13.1. The van der Waals surface area contributed by atoms with E-state index in [-0.39, 0.29) is 17.4 Å². The molecule has 2 aromatic heterocycles. The van der Waals surface area contributed by atoms with Gasteiger partial charge in [0.05, 0.1) is 11.0 Å². The zero-order valence-corrected chi connectivity index (χ0v) is 11.2. The fourth-order valence-electron chi connectivity index (χ4n) is 1.82. The number of hydrogen-bond donors (Lipinski definition) is 1. The standard InChI is InChI=1S/C12H11FN4OS/c1-6(2)10-15-16-12(19-10)17-9-4-3-7(13)5-8(9)14-11(17)18/h3-6H,1-2H3,(H,14,18). The number of H-pyrrole nitrogens is 1. The number of benzene rings is 1. The highest BCUT2D eigenvalue weighted by Crippen LogP contribution is 2.23. The molecule has 0 atom stereocenters. The number of aromatic amines is 1. The molecule has 0 radical (unpaired) electrons. The Morgan fingerprint density at radius 2 is 2.16 bits per heavy atom. The highest BCUT2D eigenvalue weighted by molar-refractivity contribution is 7.13. The fourth-order valence-corrected chi connectivity index (χ4v) is 2.68. The van der Waals surface area contributed by atoms with Crippen LogP contribution in [0.15, 0.2) is 23.0 Å². The molecule has 5 nitrogen and oxygen atoms in total. The van der Waals surface area contributed by atoms with E-state index in [2.05, 4.69) is 15.2 Å². The molecule has 7 heteroatoms. The Morgan fingerprint density at radius 1 is 1.37 bits per heavy atom. The molecular weight excluding hydrogens is 267 g/mol. The molecule has 1 N–H and O–H groups in total. The number of rotatable bonds is 2. The van der Waals surface area contributed by atoms with Crippen molar-refractivity contribution < 1.29 is 4.39 Å². The summed E-state index contributed by atoms with van der Waals surface area (Å²) < 4.78 is 14.5. The second-order valence-corrected chi connectivity index (χ2v) is 5.49. The van der Waals surface area contributed by atoms with E-state index in [9.17, 15) is 9.18 Å². The molecule has 2 heterocycles. The third-order valence-electron chi connectivity index (χ3n) is 2.76. The Bertz CT molecular complexity index is 802. The fraction of sp³-hybridized carbons (Fsp3) is 0.250. The van der Waals surface area contributed by atoms with E-state index in [1.165, 1.54) is 28.0 Å². The van der Waals surface area contributed by atoms with Crippen LogP contribution in [0, 0.1) is 5.82 Å². The minimum Gasteiger partial charge on any atom is -0.305 e. The SMILES string of the molecule is CC(C)c1nnc(-n2c(=O)[nH]c3cc(F)ccc32)s1. The summed E-state index contributed by atoms with van der Waals surface area (Å²) in [6, 6.07) is 4.16. The van der Waals surface area contributed by atoms with Crippen molar-refractivity contribution in [1.29, 1.82) is 0 Å². The van der Waals surface area contributed by atoms with Gasteiger partial charge in [-0.15, -0.1) is 10.2 Å². The van der Waals surface area contributed by atoms with Crippen molar-refractivity contribution in [1.82, 2.24) is 19.7 Å². The van der Waals surface area contributed by atoms with Gasteiger partial charge in [0.1, 0.15) is 10.8 Å². The van der Waals surface area contributed by atoms with E-state index < -0.39 is 0 Å². The summed E-state index contributed by atoms with van der Waals surface area (Å²) >= 11 is 1.36. The number of nitrogens with zero attached hydrogens (tertiary/aromatic N) is 3. The quantitative estimate of drug-likeness (QED) is 0.783. The van der Waals surface area contributed by atoms with Crippen LogP contribution in [0.25, 0.3) is 16.2 Å². The summed E-state index contributed by atoms with van der Waals surface area (Å²) in [7, 11) is 0. The number of nitrogens with one attached hydrogen (secondary N) is 1. The zero-order valence-electron chi connectivity index (χ0n) is 10.3. The lowest BCUT2D eigenvalue weighted by molar-refractivity contribution is 0.629. The first-order valence-corrected chi connectivity index (χ1v) is 6.62. The molecule has 0 saturated carbocycles. The molecule has 0 fully saturated rings. The van der Waals surface area contributed by atoms with Crippen molar-refractivity contribution in [3.63, 3.8) is 0 Å². The lowest BCUT2D eigenvalue weighted by atomic mass is 10.2. The molecular formula is C12H11FN4OS. The first kappa shape index (κ1) is 12.0. The third kappa shape index (κ3) is 1.95. The van der Waals surface area contributed by atoms with Crippen molar-refractivity contribution in [2.75, 3.05) is 0 Å². The molecule has 0 aliphatic rings. The Balaban J connectivity index is 2.23. The lowest BCUT2D eigenvalue weighted by Crippen LogP contribution is -2.14. The molecule has 0 amide bonds. The van der Waals surface area contributed by atoms with Crippen LogP contribution in [0.4, 0.5) is 4.39 Å². The van der Waals surface area contributed by atoms with Gasteiger partial charge in [-0.05, 0) is 18.2 Å². The highest BCUT2D eigenvalue weighted by atomic mass is 32.1. The van der Waals surface area contributed by atoms with Gasteiger partial charge in [0.25, 0.3) is 0 Å². The summed E-state index contributed by atoms with van der Waals surface area (Å²) in [4.78, 5) is 14.6. The van der Waals surface area contributed by atoms with Crippen molar-refractivity contribution in [2.45, 2.75) is 19.8 Å². The number of aromatic nitrogens is 4. The van der Waals surface area contributed by atoms with Crippen LogP contribution in [0.5, 0.6) is 0 Å². The number of halogens is 1. The van der Waals surface area contributed by atoms with Gasteiger partial charge in [-0.1, -0.05) is 25.2 Å². The lowest BCUT2D eigenvalue weighted by Gasteiger charge is -1.97. The molecule has 0 aliphatic heterocycles. The second kappa shape index (κ2) is 4.27. The monoisotopic (exact) mass is 278 g/mol. The van der Waals surface area contributed by atoms with E-state index >= 15 is 0 Å². The smallest absolute Gasteiger partial charge is 0.305 e. The summed E-state index contributed by atoms with van der Waals surface area (Å²) in [6.45, 7) is 4.02. The van der Waals surface area contributed by atoms with Crippen LogP contribution < -0.4 is 5.69 Å². The van der Waals surface area contributed by atoms with Gasteiger partial charge in [-0.3, -0.25) is 0 Å². The Hall–Kier alpha value is -2.02. The van der Waals surface area contributed by atoms with Gasteiger partial charge >= 0.3 is 5.69 Å². The Labute approximate surface area is 111 Å². The van der Waals surface area contributed by atoms with E-state index in [0.29, 0.717) is 16.2 Å². The van der Waals surface area contributed by atoms with Gasteiger partial charge in [0.2, 0.25) is 5.13 Å². The molecule has 1 aromatic carbocycles. The minimum atomic E-state index is -0.388. The molecule has 0 bridgehead atoms. The van der Waals surface area contributed by atoms with Gasteiger partial charge < -0.3 is 4.98 Å². The predicted molar refractivity (Wildman–Crippen MR) is 71.4 cm³/mol. The average molecular weight is 278 g/mol. The summed E-state index contributed by atoms with van der Waals surface area (Å²) in [6.07, 6.45) is 0. The summed E-state index contributed by atoms with van der Waals surface area (Å²) in [5.41, 5.74) is 0.705. The first-order chi connectivity index (χ1) is 9.06. The largest absolute Gasteiger partial charge is 0.332 e. The molecule has 19 heavy (non-hydrogen) atoms. The molecule has 0 aliphatic carbocycles. The Kier molecular flexibility index (Phi) is 2.70. The van der Waals surface area contributed by atoms with Crippen LogP contribution >= 0.6 is 11.3 Å². The van der Waals surface area contributed by atoms with Crippen LogP contribution in [-0.2, 0) is 0 Å². The third-order valence-corrected chi connectivity index (χ3v) is 3.97. The van der Waals surface area contributed by atoms with E-state index in [1.807, 2.05) is 13.8 Å². The van der Waals surface area contributed by atoms with E-state index in [1.54, 1.807) is 6.07 Å². The summed E-state index contributed by atoms with van der Waals surface area (Å²) in [5.74, 6) is -0.134.